The number of azo groups is 1. The number of nitrogens with two attached hydrogens (primary N) is 1. The van der Waals surface area contributed by atoms with Crippen LogP contribution in [-0.4, -0.2) is 51.2 Å². The van der Waals surface area contributed by atoms with E-state index in [1.807, 2.05) is 0 Å². The van der Waals surface area contributed by atoms with E-state index in [-0.39, 0.29) is 37.3 Å². The van der Waals surface area contributed by atoms with Gasteiger partial charge in [-0.05, 0) is 59.9 Å². The lowest BCUT2D eigenvalue weighted by Gasteiger charge is -2.11. The average molecular weight is 498 g/mol. The summed E-state index contributed by atoms with van der Waals surface area (Å²) in [4.78, 5) is -1.10. The minimum atomic E-state index is -4.84. The number of nitrogens with zero attached hydrogens (tertiary/aromatic N) is 2. The normalized spacial score (nSPS) is 14.6. The standard InChI is InChI=1S/C18H15N3O8S3/c1-9-4-15(31(25)26)11(6-14(9)30(23)24)8-20-21-17-16(32(27,28)29)7-10-5-12(19)2-3-13(10)18(17)22/h2-7,22H,8,19H2,1H3,(H,27,28,29). The Morgan fingerprint density at radius 3 is 2.28 bits per heavy atom. The van der Waals surface area contributed by atoms with E-state index >= 15 is 0 Å². The molecule has 0 amide bonds. The van der Waals surface area contributed by atoms with Crippen LogP contribution in [-0.2, 0) is 30.7 Å². The Balaban J connectivity index is 2.14. The number of nitrogen functional groups attached to an aromatic ring is 1. The highest BCUT2D eigenvalue weighted by Crippen LogP contribution is 2.41. The van der Waals surface area contributed by atoms with Gasteiger partial charge in [-0.3, -0.25) is 4.55 Å². The number of aromatic hydroxyl groups is 1. The van der Waals surface area contributed by atoms with Gasteiger partial charge in [-0.2, -0.15) is 35.5 Å². The van der Waals surface area contributed by atoms with Crippen LogP contribution in [0.4, 0.5) is 11.4 Å². The van der Waals surface area contributed by atoms with Gasteiger partial charge in [0.25, 0.3) is 10.1 Å². The van der Waals surface area contributed by atoms with Gasteiger partial charge >= 0.3 is 0 Å². The first-order chi connectivity index (χ1) is 14.9. The molecule has 0 atom stereocenters. The van der Waals surface area contributed by atoms with Crippen molar-refractivity contribution in [3.05, 3.63) is 47.6 Å². The summed E-state index contributed by atoms with van der Waals surface area (Å²) < 4.78 is 79.0. The average Bonchev–Trinajstić information content (AvgIpc) is 2.68. The number of allylic oxidation sites excluding steroid dienone is 3. The number of hydrogen-bond acceptors (Lipinski definition) is 10. The first-order valence-corrected chi connectivity index (χ1v) is 12.2. The lowest BCUT2D eigenvalue weighted by molar-refractivity contribution is 0.472. The van der Waals surface area contributed by atoms with Crippen molar-refractivity contribution in [1.29, 1.82) is 0 Å². The summed E-state index contributed by atoms with van der Waals surface area (Å²) in [5, 5.41) is 18.4. The van der Waals surface area contributed by atoms with Crippen molar-refractivity contribution in [2.75, 3.05) is 12.3 Å². The van der Waals surface area contributed by atoms with Crippen LogP contribution in [0.25, 0.3) is 10.8 Å². The summed E-state index contributed by atoms with van der Waals surface area (Å²) in [6.45, 7) is 0.961. The number of hydrogen-bond donors (Lipinski definition) is 3. The fourth-order valence-electron chi connectivity index (χ4n) is 3.01. The largest absolute Gasteiger partial charge is 0.505 e. The molecule has 0 radical (unpaired) electrons. The Labute approximate surface area is 185 Å². The number of phenols is 1. The van der Waals surface area contributed by atoms with Gasteiger partial charge in [-0.1, -0.05) is 0 Å². The van der Waals surface area contributed by atoms with Crippen molar-refractivity contribution in [2.24, 2.45) is 10.2 Å². The Hall–Kier alpha value is -3.33. The summed E-state index contributed by atoms with van der Waals surface area (Å²) in [6.07, 6.45) is 2.26. The van der Waals surface area contributed by atoms with Gasteiger partial charge in [0.2, 0.25) is 20.6 Å². The van der Waals surface area contributed by atoms with Crippen molar-refractivity contribution in [3.8, 4) is 5.75 Å². The molecule has 14 heteroatoms. The second-order valence-corrected chi connectivity index (χ2v) is 9.83. The van der Waals surface area contributed by atoms with Gasteiger partial charge in [0.1, 0.15) is 10.6 Å². The van der Waals surface area contributed by atoms with E-state index in [9.17, 15) is 34.9 Å². The molecular weight excluding hydrogens is 482 g/mol. The van der Waals surface area contributed by atoms with Crippen molar-refractivity contribution < 1.29 is 34.9 Å². The first-order valence-electron chi connectivity index (χ1n) is 8.62. The zero-order valence-corrected chi connectivity index (χ0v) is 18.7. The topological polar surface area (TPSA) is 194 Å². The van der Waals surface area contributed by atoms with Crippen LogP contribution in [0.5, 0.6) is 5.75 Å². The third-order valence-electron chi connectivity index (χ3n) is 4.48. The summed E-state index contributed by atoms with van der Waals surface area (Å²) in [5.41, 5.74) is 5.57. The summed E-state index contributed by atoms with van der Waals surface area (Å²) in [5.74, 6) is -0.600. The Bertz CT molecular complexity index is 1630. The van der Waals surface area contributed by atoms with Crippen LogP contribution in [0.2, 0.25) is 0 Å². The summed E-state index contributed by atoms with van der Waals surface area (Å²) in [7, 11) is -10.2. The Kier molecular flexibility index (Phi) is 6.32. The second-order valence-electron chi connectivity index (χ2n) is 6.62. The fourth-order valence-corrected chi connectivity index (χ4v) is 4.84. The predicted molar refractivity (Wildman–Crippen MR) is 119 cm³/mol. The van der Waals surface area contributed by atoms with Gasteiger partial charge in [0.05, 0.1) is 16.3 Å². The van der Waals surface area contributed by atoms with Crippen LogP contribution < -0.4 is 5.73 Å². The number of fused-ring (bicyclic) bond motifs is 1. The molecular formula is C18H15N3O8S3. The minimum absolute atomic E-state index is 0.0201. The molecule has 0 bridgehead atoms. The van der Waals surface area contributed by atoms with E-state index < -0.39 is 53.6 Å². The van der Waals surface area contributed by atoms with E-state index in [0.717, 1.165) is 18.2 Å². The number of benzene rings is 2. The molecule has 0 aliphatic heterocycles. The van der Waals surface area contributed by atoms with E-state index in [4.69, 9.17) is 5.73 Å². The van der Waals surface area contributed by atoms with E-state index in [2.05, 4.69) is 10.2 Å². The van der Waals surface area contributed by atoms with E-state index in [1.54, 1.807) is 0 Å². The van der Waals surface area contributed by atoms with Gasteiger partial charge in [-0.15, -0.1) is 0 Å². The van der Waals surface area contributed by atoms with Gasteiger partial charge in [-0.25, -0.2) is 0 Å². The molecule has 0 saturated carbocycles. The quantitative estimate of drug-likeness (QED) is 0.242. The monoisotopic (exact) mass is 497 g/mol. The SMILES string of the molecule is CC1=CC(=S(=O)=O)C(CN=Nc2c(S(=O)(=O)O)cc3cc(N)ccc3c2O)=CC1=S(=O)=O. The van der Waals surface area contributed by atoms with Crippen molar-refractivity contribution in [1.82, 2.24) is 0 Å². The third kappa shape index (κ3) is 4.62. The van der Waals surface area contributed by atoms with E-state index in [0.29, 0.717) is 0 Å². The highest BCUT2D eigenvalue weighted by Gasteiger charge is 2.22. The molecule has 32 heavy (non-hydrogen) atoms. The Morgan fingerprint density at radius 1 is 1.03 bits per heavy atom. The molecule has 0 spiro atoms. The maximum atomic E-state index is 11.8. The molecule has 4 N–H and O–H groups in total. The van der Waals surface area contributed by atoms with E-state index in [1.165, 1.54) is 25.1 Å². The molecule has 0 unspecified atom stereocenters. The van der Waals surface area contributed by atoms with Crippen LogP contribution in [0.3, 0.4) is 0 Å². The number of phenolic OH excluding ortho intramolecular Hbond substituents is 1. The molecule has 168 valence electrons. The highest BCUT2D eigenvalue weighted by molar-refractivity contribution is 7.86. The second kappa shape index (κ2) is 8.66. The fraction of sp³-hybridized carbons (Fsp3) is 0.111. The lowest BCUT2D eigenvalue weighted by Crippen LogP contribution is -2.15. The van der Waals surface area contributed by atoms with Gasteiger partial charge in [0, 0.05) is 11.1 Å². The summed E-state index contributed by atoms with van der Waals surface area (Å²) in [6, 6.07) is 5.32. The molecule has 3 rings (SSSR count). The van der Waals surface area contributed by atoms with Crippen molar-refractivity contribution in [3.63, 3.8) is 0 Å². The van der Waals surface area contributed by atoms with Crippen LogP contribution in [0.1, 0.15) is 6.92 Å². The lowest BCUT2D eigenvalue weighted by atomic mass is 10.0. The molecule has 11 nitrogen and oxygen atoms in total. The zero-order valence-electron chi connectivity index (χ0n) is 16.2. The van der Waals surface area contributed by atoms with Crippen LogP contribution in [0.15, 0.2) is 62.7 Å². The molecule has 0 heterocycles. The molecule has 0 saturated heterocycles. The summed E-state index contributed by atoms with van der Waals surface area (Å²) >= 11 is 0. The zero-order chi connectivity index (χ0) is 23.8. The van der Waals surface area contributed by atoms with Crippen molar-refractivity contribution >= 4 is 62.6 Å². The molecule has 1 aliphatic rings. The third-order valence-corrected chi connectivity index (χ3v) is 6.89. The van der Waals surface area contributed by atoms with Gasteiger partial charge in [0.15, 0.2) is 5.75 Å². The smallest absolute Gasteiger partial charge is 0.296 e. The number of anilines is 1. The molecule has 0 fully saturated rings. The number of rotatable bonds is 4. The first kappa shape index (κ1) is 23.3. The maximum absolute atomic E-state index is 11.8. The molecule has 2 aromatic rings. The predicted octanol–water partition coefficient (Wildman–Crippen LogP) is 1.45. The molecule has 2 aromatic carbocycles. The minimum Gasteiger partial charge on any atom is -0.505 e. The maximum Gasteiger partial charge on any atom is 0.296 e. The highest BCUT2D eigenvalue weighted by atomic mass is 32.2. The van der Waals surface area contributed by atoms with Crippen molar-refractivity contribution in [2.45, 2.75) is 11.8 Å². The van der Waals surface area contributed by atoms with Crippen LogP contribution in [0, 0.1) is 0 Å². The van der Waals surface area contributed by atoms with Crippen LogP contribution >= 0.6 is 0 Å². The Morgan fingerprint density at radius 2 is 1.69 bits per heavy atom. The molecule has 1 aliphatic carbocycles. The van der Waals surface area contributed by atoms with Gasteiger partial charge < -0.3 is 10.8 Å². The molecule has 0 aromatic heterocycles.